The minimum Gasteiger partial charge on any atom is -0.504 e. The first kappa shape index (κ1) is 21.4. The van der Waals surface area contributed by atoms with Crippen molar-refractivity contribution < 1.29 is 14.6 Å². The fraction of sp³-hybridized carbons (Fsp3) is 0.667. The Morgan fingerprint density at radius 2 is 2.00 bits per heavy atom. The predicted molar refractivity (Wildman–Crippen MR) is 109 cm³/mol. The van der Waals surface area contributed by atoms with Gasteiger partial charge in [0.2, 0.25) is 0 Å². The molecule has 0 saturated heterocycles. The Morgan fingerprint density at radius 3 is 2.63 bits per heavy atom. The van der Waals surface area contributed by atoms with E-state index in [1.54, 1.807) is 19.2 Å². The van der Waals surface area contributed by atoms with Crippen LogP contribution < -0.4 is 15.4 Å². The summed E-state index contributed by atoms with van der Waals surface area (Å²) in [6.07, 6.45) is 6.19. The van der Waals surface area contributed by atoms with E-state index in [9.17, 15) is 5.11 Å². The van der Waals surface area contributed by atoms with Gasteiger partial charge in [-0.05, 0) is 56.2 Å². The molecule has 1 aromatic carbocycles. The molecule has 6 nitrogen and oxygen atoms in total. The molecule has 0 aromatic heterocycles. The number of nitrogens with one attached hydrogen (secondary N) is 2. The maximum atomic E-state index is 9.93. The number of ether oxygens (including phenoxy) is 2. The Hall–Kier alpha value is -1.95. The molecule has 152 valence electrons. The highest BCUT2D eigenvalue weighted by Gasteiger charge is 2.33. The van der Waals surface area contributed by atoms with Gasteiger partial charge < -0.3 is 25.2 Å². The second-order valence-electron chi connectivity index (χ2n) is 7.21. The van der Waals surface area contributed by atoms with Gasteiger partial charge in [-0.3, -0.25) is 0 Å². The van der Waals surface area contributed by atoms with Gasteiger partial charge in [0, 0.05) is 26.3 Å². The normalized spacial score (nSPS) is 16.3. The van der Waals surface area contributed by atoms with Gasteiger partial charge in [-0.2, -0.15) is 0 Å². The number of phenolic OH excluding ortho intramolecular Hbond substituents is 1. The zero-order valence-electron chi connectivity index (χ0n) is 17.0. The standard InChI is InChI=1S/C21H35N3O3/c1-4-22-20(23-15-17-8-9-19(26-3)18(25)14-17)24-16-21(10-6-7-11-21)12-13-27-5-2/h8-9,14,25H,4-7,10-13,15-16H2,1-3H3,(H2,22,23,24). The van der Waals surface area contributed by atoms with Crippen molar-refractivity contribution in [3.8, 4) is 11.5 Å². The number of methoxy groups -OCH3 is 1. The number of hydrogen-bond donors (Lipinski definition) is 3. The van der Waals surface area contributed by atoms with Crippen LogP contribution in [0.15, 0.2) is 23.2 Å². The monoisotopic (exact) mass is 377 g/mol. The predicted octanol–water partition coefficient (Wildman–Crippen LogP) is 3.44. The van der Waals surface area contributed by atoms with Crippen LogP contribution in [0.5, 0.6) is 11.5 Å². The fourth-order valence-corrected chi connectivity index (χ4v) is 3.69. The van der Waals surface area contributed by atoms with Gasteiger partial charge in [0.05, 0.1) is 13.7 Å². The van der Waals surface area contributed by atoms with Gasteiger partial charge in [0.1, 0.15) is 0 Å². The summed E-state index contributed by atoms with van der Waals surface area (Å²) in [6, 6.07) is 5.39. The van der Waals surface area contributed by atoms with E-state index in [0.29, 0.717) is 17.7 Å². The zero-order chi connectivity index (χ0) is 19.5. The van der Waals surface area contributed by atoms with Crippen molar-refractivity contribution in [1.82, 2.24) is 10.6 Å². The third-order valence-electron chi connectivity index (χ3n) is 5.28. The molecule has 0 bridgehead atoms. The average Bonchev–Trinajstić information content (AvgIpc) is 3.13. The second-order valence-corrected chi connectivity index (χ2v) is 7.21. The molecule has 0 radical (unpaired) electrons. The molecule has 1 saturated carbocycles. The maximum absolute atomic E-state index is 9.93. The lowest BCUT2D eigenvalue weighted by Gasteiger charge is -2.30. The molecule has 0 heterocycles. The van der Waals surface area contributed by atoms with Gasteiger partial charge in [-0.15, -0.1) is 0 Å². The molecule has 0 aliphatic heterocycles. The summed E-state index contributed by atoms with van der Waals surface area (Å²) in [6.45, 7) is 7.95. The van der Waals surface area contributed by atoms with Crippen molar-refractivity contribution >= 4 is 5.96 Å². The van der Waals surface area contributed by atoms with Crippen molar-refractivity contribution in [3.63, 3.8) is 0 Å². The molecule has 1 aromatic rings. The van der Waals surface area contributed by atoms with E-state index in [4.69, 9.17) is 9.47 Å². The van der Waals surface area contributed by atoms with Gasteiger partial charge in [-0.1, -0.05) is 18.9 Å². The average molecular weight is 378 g/mol. The topological polar surface area (TPSA) is 75.1 Å². The summed E-state index contributed by atoms with van der Waals surface area (Å²) in [4.78, 5) is 4.68. The molecule has 0 unspecified atom stereocenters. The molecule has 1 fully saturated rings. The van der Waals surface area contributed by atoms with E-state index < -0.39 is 0 Å². The molecule has 1 aliphatic carbocycles. The highest BCUT2D eigenvalue weighted by atomic mass is 16.5. The third kappa shape index (κ3) is 6.61. The molecule has 1 aliphatic rings. The lowest BCUT2D eigenvalue weighted by atomic mass is 9.83. The van der Waals surface area contributed by atoms with Crippen LogP contribution in [0, 0.1) is 5.41 Å². The Kier molecular flexibility index (Phi) is 8.72. The quantitative estimate of drug-likeness (QED) is 0.331. The largest absolute Gasteiger partial charge is 0.504 e. The highest BCUT2D eigenvalue weighted by molar-refractivity contribution is 5.79. The Balaban J connectivity index is 1.96. The second kappa shape index (κ2) is 11.0. The third-order valence-corrected chi connectivity index (χ3v) is 5.28. The van der Waals surface area contributed by atoms with Crippen LogP contribution in [-0.4, -0.2) is 44.5 Å². The molecular formula is C21H35N3O3. The Morgan fingerprint density at radius 1 is 1.22 bits per heavy atom. The first-order valence-electron chi connectivity index (χ1n) is 10.1. The van der Waals surface area contributed by atoms with Crippen LogP contribution in [0.25, 0.3) is 0 Å². The van der Waals surface area contributed by atoms with Crippen molar-refractivity contribution in [2.75, 3.05) is 33.4 Å². The van der Waals surface area contributed by atoms with Crippen molar-refractivity contribution in [2.24, 2.45) is 10.4 Å². The number of benzene rings is 1. The van der Waals surface area contributed by atoms with E-state index >= 15 is 0 Å². The number of aromatic hydroxyl groups is 1. The minimum atomic E-state index is 0.143. The number of rotatable bonds is 10. The maximum Gasteiger partial charge on any atom is 0.191 e. The van der Waals surface area contributed by atoms with Gasteiger partial charge in [-0.25, -0.2) is 4.99 Å². The Labute approximate surface area is 163 Å². The summed E-state index contributed by atoms with van der Waals surface area (Å²) in [5, 5.41) is 16.8. The van der Waals surface area contributed by atoms with Crippen LogP contribution in [0.4, 0.5) is 0 Å². The summed E-state index contributed by atoms with van der Waals surface area (Å²) >= 11 is 0. The molecule has 6 heteroatoms. The highest BCUT2D eigenvalue weighted by Crippen LogP contribution is 2.40. The summed E-state index contributed by atoms with van der Waals surface area (Å²) < 4.78 is 10.7. The summed E-state index contributed by atoms with van der Waals surface area (Å²) in [5.74, 6) is 1.43. The van der Waals surface area contributed by atoms with E-state index in [-0.39, 0.29) is 5.75 Å². The zero-order valence-corrected chi connectivity index (χ0v) is 17.0. The lowest BCUT2D eigenvalue weighted by molar-refractivity contribution is 0.105. The number of phenols is 1. The molecule has 3 N–H and O–H groups in total. The Bertz CT molecular complexity index is 598. The van der Waals surface area contributed by atoms with Crippen LogP contribution in [0.3, 0.4) is 0 Å². The van der Waals surface area contributed by atoms with Crippen LogP contribution in [0.1, 0.15) is 51.5 Å². The van der Waals surface area contributed by atoms with Gasteiger partial charge in [0.25, 0.3) is 0 Å². The SMILES string of the molecule is CCNC(=NCc1ccc(OC)c(O)c1)NCC1(CCOCC)CCCC1. The first-order chi connectivity index (χ1) is 13.1. The smallest absolute Gasteiger partial charge is 0.191 e. The number of guanidine groups is 1. The van der Waals surface area contributed by atoms with Gasteiger partial charge in [0.15, 0.2) is 17.5 Å². The van der Waals surface area contributed by atoms with Crippen LogP contribution in [0.2, 0.25) is 0 Å². The first-order valence-corrected chi connectivity index (χ1v) is 10.1. The molecule has 27 heavy (non-hydrogen) atoms. The van der Waals surface area contributed by atoms with E-state index in [0.717, 1.165) is 44.2 Å². The van der Waals surface area contributed by atoms with Crippen LogP contribution >= 0.6 is 0 Å². The fourth-order valence-electron chi connectivity index (χ4n) is 3.69. The number of aliphatic imine (C=N–C) groups is 1. The van der Waals surface area contributed by atoms with Gasteiger partial charge >= 0.3 is 0 Å². The van der Waals surface area contributed by atoms with E-state index in [1.165, 1.54) is 25.7 Å². The van der Waals surface area contributed by atoms with Crippen molar-refractivity contribution in [1.29, 1.82) is 0 Å². The van der Waals surface area contributed by atoms with Crippen molar-refractivity contribution in [3.05, 3.63) is 23.8 Å². The lowest BCUT2D eigenvalue weighted by Crippen LogP contribution is -2.43. The molecular weight excluding hydrogens is 342 g/mol. The summed E-state index contributed by atoms with van der Waals surface area (Å²) in [7, 11) is 1.55. The van der Waals surface area contributed by atoms with Crippen LogP contribution in [-0.2, 0) is 11.3 Å². The van der Waals surface area contributed by atoms with E-state index in [1.807, 2.05) is 13.0 Å². The molecule has 0 spiro atoms. The molecule has 2 rings (SSSR count). The number of nitrogens with zero attached hydrogens (tertiary/aromatic N) is 1. The minimum absolute atomic E-state index is 0.143. The summed E-state index contributed by atoms with van der Waals surface area (Å²) in [5.41, 5.74) is 1.25. The van der Waals surface area contributed by atoms with Crippen molar-refractivity contribution in [2.45, 2.75) is 52.5 Å². The number of hydrogen-bond acceptors (Lipinski definition) is 4. The molecule has 0 amide bonds. The molecule has 0 atom stereocenters. The van der Waals surface area contributed by atoms with E-state index in [2.05, 4.69) is 22.5 Å².